The van der Waals surface area contributed by atoms with Crippen molar-refractivity contribution in [2.75, 3.05) is 13.1 Å². The van der Waals surface area contributed by atoms with Crippen molar-refractivity contribution < 1.29 is 5.11 Å². The van der Waals surface area contributed by atoms with Crippen molar-refractivity contribution in [1.82, 2.24) is 39.8 Å². The largest absolute Gasteiger partial charge is 0.391 e. The van der Waals surface area contributed by atoms with Crippen LogP contribution in [0.2, 0.25) is 0 Å². The van der Waals surface area contributed by atoms with Crippen LogP contribution in [0.3, 0.4) is 0 Å². The number of H-pyrrole nitrogens is 1. The number of aryl methyl sites for hydroxylation is 1. The molecule has 11 heteroatoms. The summed E-state index contributed by atoms with van der Waals surface area (Å²) in [6.45, 7) is 4.74. The first-order valence-electron chi connectivity index (χ1n) is 10.1. The van der Waals surface area contributed by atoms with Crippen molar-refractivity contribution in [3.63, 3.8) is 0 Å². The van der Waals surface area contributed by atoms with Gasteiger partial charge >= 0.3 is 0 Å². The number of hydrogen-bond donors (Lipinski definition) is 3. The average Bonchev–Trinajstić information content (AvgIpc) is 3.37. The molecule has 5 rings (SSSR count). The first kappa shape index (κ1) is 22.7. The van der Waals surface area contributed by atoms with Gasteiger partial charge in [-0.3, -0.25) is 5.10 Å². The van der Waals surface area contributed by atoms with Crippen molar-refractivity contribution in [3.05, 3.63) is 23.9 Å². The Kier molecular flexibility index (Phi) is 7.18. The number of nitrogens with one attached hydrogen (secondary N) is 2. The van der Waals surface area contributed by atoms with Crippen molar-refractivity contribution in [1.29, 1.82) is 0 Å². The van der Waals surface area contributed by atoms with Crippen LogP contribution in [-0.4, -0.2) is 58.8 Å². The third-order valence-electron chi connectivity index (χ3n) is 5.85. The lowest BCUT2D eigenvalue weighted by Crippen LogP contribution is -2.29. The van der Waals surface area contributed by atoms with Gasteiger partial charge in [0.25, 0.3) is 0 Å². The molecule has 30 heavy (non-hydrogen) atoms. The number of rotatable bonds is 3. The Morgan fingerprint density at radius 2 is 1.97 bits per heavy atom. The molecule has 3 aromatic rings. The number of hydrogen-bond acceptors (Lipinski definition) is 6. The van der Waals surface area contributed by atoms with E-state index in [0.29, 0.717) is 5.82 Å². The molecule has 1 saturated carbocycles. The molecule has 1 aliphatic carbocycles. The molecular formula is C19H28Cl2N8O. The highest BCUT2D eigenvalue weighted by Gasteiger charge is 2.30. The molecule has 4 heterocycles. The van der Waals surface area contributed by atoms with Crippen LogP contribution in [0.25, 0.3) is 22.9 Å². The summed E-state index contributed by atoms with van der Waals surface area (Å²) in [7, 11) is 0. The predicted octanol–water partition coefficient (Wildman–Crippen LogP) is 2.31. The molecule has 2 aliphatic rings. The number of aromatic nitrogens is 7. The normalized spacial score (nSPS) is 21.3. The molecule has 164 valence electrons. The van der Waals surface area contributed by atoms with E-state index in [1.165, 1.54) is 0 Å². The molecular weight excluding hydrogens is 427 g/mol. The van der Waals surface area contributed by atoms with Crippen molar-refractivity contribution in [2.24, 2.45) is 0 Å². The minimum absolute atomic E-state index is 0. The van der Waals surface area contributed by atoms with E-state index in [9.17, 15) is 5.11 Å². The fourth-order valence-electron chi connectivity index (χ4n) is 4.28. The minimum Gasteiger partial charge on any atom is -0.391 e. The highest BCUT2D eigenvalue weighted by Crippen LogP contribution is 2.33. The van der Waals surface area contributed by atoms with Gasteiger partial charge in [0.05, 0.1) is 23.9 Å². The molecule has 0 radical (unpaired) electrons. The molecule has 2 atom stereocenters. The van der Waals surface area contributed by atoms with E-state index in [4.69, 9.17) is 15.1 Å². The highest BCUT2D eigenvalue weighted by atomic mass is 35.5. The lowest BCUT2D eigenvalue weighted by atomic mass is 9.92. The van der Waals surface area contributed by atoms with Gasteiger partial charge in [-0.25, -0.2) is 14.6 Å². The van der Waals surface area contributed by atoms with E-state index in [2.05, 4.69) is 26.3 Å². The van der Waals surface area contributed by atoms with E-state index in [-0.39, 0.29) is 30.9 Å². The van der Waals surface area contributed by atoms with Crippen LogP contribution in [-0.2, 0) is 13.0 Å². The Morgan fingerprint density at radius 1 is 1.13 bits per heavy atom. The van der Waals surface area contributed by atoms with Crippen LogP contribution in [0.15, 0.2) is 12.4 Å². The third kappa shape index (κ3) is 4.12. The first-order chi connectivity index (χ1) is 13.7. The van der Waals surface area contributed by atoms with Crippen molar-refractivity contribution >= 4 is 24.8 Å². The zero-order chi connectivity index (χ0) is 19.1. The van der Waals surface area contributed by atoms with Crippen LogP contribution in [0, 0.1) is 6.92 Å². The predicted molar refractivity (Wildman–Crippen MR) is 118 cm³/mol. The topological polar surface area (TPSA) is 109 Å². The van der Waals surface area contributed by atoms with E-state index in [0.717, 1.165) is 80.3 Å². The summed E-state index contributed by atoms with van der Waals surface area (Å²) in [5, 5.41) is 25.9. The van der Waals surface area contributed by atoms with Gasteiger partial charge < -0.3 is 15.0 Å². The van der Waals surface area contributed by atoms with Gasteiger partial charge in [-0.1, -0.05) is 12.8 Å². The van der Waals surface area contributed by atoms with Crippen LogP contribution in [0.4, 0.5) is 0 Å². The lowest BCUT2D eigenvalue weighted by molar-refractivity contribution is 0.0702. The summed E-state index contributed by atoms with van der Waals surface area (Å²) < 4.78 is 4.11. The van der Waals surface area contributed by atoms with Crippen LogP contribution < -0.4 is 5.32 Å². The molecule has 0 saturated heterocycles. The van der Waals surface area contributed by atoms with Gasteiger partial charge in [0.2, 0.25) is 0 Å². The smallest absolute Gasteiger partial charge is 0.185 e. The summed E-state index contributed by atoms with van der Waals surface area (Å²) in [6.07, 6.45) is 8.17. The molecule has 0 unspecified atom stereocenters. The van der Waals surface area contributed by atoms with Crippen LogP contribution in [0.5, 0.6) is 0 Å². The molecule has 1 fully saturated rings. The van der Waals surface area contributed by atoms with E-state index < -0.39 is 6.10 Å². The molecule has 3 aromatic heterocycles. The fourth-order valence-corrected chi connectivity index (χ4v) is 4.28. The third-order valence-corrected chi connectivity index (χ3v) is 5.85. The van der Waals surface area contributed by atoms with E-state index in [1.54, 1.807) is 6.20 Å². The van der Waals surface area contributed by atoms with Gasteiger partial charge in [0.15, 0.2) is 11.6 Å². The Labute approximate surface area is 187 Å². The molecule has 0 bridgehead atoms. The maximum atomic E-state index is 10.6. The van der Waals surface area contributed by atoms with Gasteiger partial charge in [-0.2, -0.15) is 5.10 Å². The molecule has 0 aromatic carbocycles. The second-order valence-corrected chi connectivity index (χ2v) is 7.77. The molecule has 3 N–H and O–H groups in total. The second-order valence-electron chi connectivity index (χ2n) is 7.77. The Morgan fingerprint density at radius 3 is 2.73 bits per heavy atom. The van der Waals surface area contributed by atoms with Crippen molar-refractivity contribution in [2.45, 2.75) is 57.7 Å². The summed E-state index contributed by atoms with van der Waals surface area (Å²) in [4.78, 5) is 9.72. The zero-order valence-corrected chi connectivity index (χ0v) is 18.5. The van der Waals surface area contributed by atoms with Gasteiger partial charge in [0.1, 0.15) is 11.5 Å². The maximum absolute atomic E-state index is 10.6. The van der Waals surface area contributed by atoms with Crippen LogP contribution >= 0.6 is 24.8 Å². The standard InChI is InChI=1S/C19H26N8O.2ClH/c1-12-13(10-21-24-12)18-23-19(27(25-18)15-4-2-3-5-16(15)28)14-11-26-9-8-20-7-6-17(26)22-14;;/h10-11,15-16,20,28H,2-9H2,1H3,(H,21,24);2*1H/t15-,16-;;/m1../s1. The maximum Gasteiger partial charge on any atom is 0.185 e. The molecule has 0 amide bonds. The number of imidazole rings is 1. The molecule has 0 spiro atoms. The lowest BCUT2D eigenvalue weighted by Gasteiger charge is -2.28. The Balaban J connectivity index is 0.00000128. The van der Waals surface area contributed by atoms with Gasteiger partial charge in [-0.05, 0) is 19.8 Å². The van der Waals surface area contributed by atoms with E-state index in [1.807, 2.05) is 11.6 Å². The minimum atomic E-state index is -0.405. The van der Waals surface area contributed by atoms with Crippen LogP contribution in [0.1, 0.15) is 43.2 Å². The Hall–Kier alpha value is -1.94. The van der Waals surface area contributed by atoms with E-state index >= 15 is 0 Å². The summed E-state index contributed by atoms with van der Waals surface area (Å²) in [6, 6.07) is -0.0691. The zero-order valence-electron chi connectivity index (χ0n) is 16.9. The van der Waals surface area contributed by atoms with Gasteiger partial charge in [0, 0.05) is 37.9 Å². The monoisotopic (exact) mass is 454 g/mol. The highest BCUT2D eigenvalue weighted by molar-refractivity contribution is 5.85. The summed E-state index contributed by atoms with van der Waals surface area (Å²) in [5.41, 5.74) is 2.64. The quantitative estimate of drug-likeness (QED) is 0.559. The SMILES string of the molecule is Cc1[nH]ncc1-c1nc(-c2cn3c(n2)CCNCC3)n([C@@H]2CCCC[C@H]2O)n1.Cl.Cl. The molecule has 1 aliphatic heterocycles. The second kappa shape index (κ2) is 9.47. The number of aromatic amines is 1. The number of halogens is 2. The number of aliphatic hydroxyl groups excluding tert-OH is 1. The fraction of sp³-hybridized carbons (Fsp3) is 0.579. The first-order valence-corrected chi connectivity index (χ1v) is 10.1. The molecule has 9 nitrogen and oxygen atoms in total. The number of fused-ring (bicyclic) bond motifs is 1. The van der Waals surface area contributed by atoms with Gasteiger partial charge in [-0.15, -0.1) is 29.9 Å². The summed E-state index contributed by atoms with van der Waals surface area (Å²) >= 11 is 0. The van der Waals surface area contributed by atoms with Crippen molar-refractivity contribution in [3.8, 4) is 22.9 Å². The average molecular weight is 455 g/mol. The summed E-state index contributed by atoms with van der Waals surface area (Å²) in [5.74, 6) is 2.43. The number of aliphatic hydroxyl groups is 1. The Bertz CT molecular complexity index is 958. The number of nitrogens with zero attached hydrogens (tertiary/aromatic N) is 6.